The Labute approximate surface area is 162 Å². The first-order chi connectivity index (χ1) is 13.9. The van der Waals surface area contributed by atoms with E-state index in [0.717, 1.165) is 49.6 Å². The molecule has 0 saturated carbocycles. The molecule has 0 saturated heterocycles. The molecule has 1 aliphatic rings. The fourth-order valence-corrected chi connectivity index (χ4v) is 3.78. The van der Waals surface area contributed by atoms with Crippen LogP contribution in [0.4, 0.5) is 0 Å². The lowest BCUT2D eigenvalue weighted by atomic mass is 9.98. The van der Waals surface area contributed by atoms with Crippen LogP contribution in [0.15, 0.2) is 54.6 Å². The van der Waals surface area contributed by atoms with Crippen molar-refractivity contribution in [2.75, 3.05) is 13.1 Å². The fourth-order valence-electron chi connectivity index (χ4n) is 3.78. The molecule has 0 fully saturated rings. The van der Waals surface area contributed by atoms with Crippen LogP contribution in [0, 0.1) is 0 Å². The van der Waals surface area contributed by atoms with Crippen LogP contribution in [0.2, 0.25) is 0 Å². The third-order valence-corrected chi connectivity index (χ3v) is 5.32. The smallest absolute Gasteiger partial charge is 0.175 e. The van der Waals surface area contributed by atoms with Crippen molar-refractivity contribution in [3.63, 3.8) is 0 Å². The Kier molecular flexibility index (Phi) is 4.42. The lowest BCUT2D eigenvalue weighted by molar-refractivity contribution is 0.255. The summed E-state index contributed by atoms with van der Waals surface area (Å²) >= 11 is 0. The van der Waals surface area contributed by atoms with Gasteiger partial charge in [-0.05, 0) is 11.1 Å². The molecule has 140 valence electrons. The van der Waals surface area contributed by atoms with Crippen LogP contribution in [0.25, 0.3) is 22.4 Å². The van der Waals surface area contributed by atoms with Gasteiger partial charge in [0.1, 0.15) is 0 Å². The van der Waals surface area contributed by atoms with Crippen molar-refractivity contribution in [1.29, 1.82) is 0 Å². The molecule has 0 aliphatic carbocycles. The Hall–Kier alpha value is -3.32. The summed E-state index contributed by atoms with van der Waals surface area (Å²) in [4.78, 5) is 2.43. The summed E-state index contributed by atoms with van der Waals surface area (Å²) < 4.78 is 0. The van der Waals surface area contributed by atoms with E-state index in [2.05, 4.69) is 84.3 Å². The molecule has 5 rings (SSSR count). The monoisotopic (exact) mass is 371 g/mol. The average molecular weight is 371 g/mol. The molecule has 0 atom stereocenters. The van der Waals surface area contributed by atoms with Gasteiger partial charge in [-0.15, -0.1) is 10.2 Å². The molecule has 0 unspecified atom stereocenters. The number of hydrogen-bond donors (Lipinski definition) is 2. The van der Waals surface area contributed by atoms with E-state index >= 15 is 0 Å². The summed E-state index contributed by atoms with van der Waals surface area (Å²) in [6, 6.07) is 19.1. The van der Waals surface area contributed by atoms with Crippen LogP contribution in [0.3, 0.4) is 0 Å². The molecule has 2 aromatic heterocycles. The van der Waals surface area contributed by atoms with Gasteiger partial charge >= 0.3 is 0 Å². The summed E-state index contributed by atoms with van der Waals surface area (Å²) in [5.74, 6) is 0.759. The number of rotatable bonds is 5. The van der Waals surface area contributed by atoms with Crippen LogP contribution in [-0.2, 0) is 19.4 Å². The minimum Gasteiger partial charge on any atom is -0.298 e. The van der Waals surface area contributed by atoms with E-state index in [9.17, 15) is 0 Å². The number of benzene rings is 2. The summed E-state index contributed by atoms with van der Waals surface area (Å²) in [5.41, 5.74) is 7.20. The molecule has 0 bridgehead atoms. The molecule has 2 N–H and O–H groups in total. The first kappa shape index (κ1) is 16.8. The molecule has 7 heteroatoms. The Morgan fingerprint density at radius 3 is 2.46 bits per heavy atom. The van der Waals surface area contributed by atoms with Crippen molar-refractivity contribution in [3.8, 4) is 22.4 Å². The van der Waals surface area contributed by atoms with Gasteiger partial charge in [0.2, 0.25) is 0 Å². The number of H-pyrrole nitrogens is 2. The van der Waals surface area contributed by atoms with Crippen LogP contribution >= 0.6 is 0 Å². The average Bonchev–Trinajstić information content (AvgIpc) is 3.43. The lowest BCUT2D eigenvalue weighted by Gasteiger charge is -2.26. The van der Waals surface area contributed by atoms with E-state index in [4.69, 9.17) is 0 Å². The van der Waals surface area contributed by atoms with Gasteiger partial charge in [0, 0.05) is 49.3 Å². The second-order valence-electron chi connectivity index (χ2n) is 7.08. The van der Waals surface area contributed by atoms with E-state index in [-0.39, 0.29) is 0 Å². The van der Waals surface area contributed by atoms with Gasteiger partial charge in [-0.2, -0.15) is 10.3 Å². The molecular weight excluding hydrogens is 350 g/mol. The van der Waals surface area contributed by atoms with Crippen LogP contribution in [-0.4, -0.2) is 48.8 Å². The number of hydrogen-bond acceptors (Lipinski definition) is 5. The highest BCUT2D eigenvalue weighted by molar-refractivity contribution is 5.70. The van der Waals surface area contributed by atoms with Crippen molar-refractivity contribution >= 4 is 0 Å². The number of nitrogens with one attached hydrogen (secondary N) is 2. The Morgan fingerprint density at radius 2 is 1.68 bits per heavy atom. The molecule has 28 heavy (non-hydrogen) atoms. The normalized spacial score (nSPS) is 14.1. The third kappa shape index (κ3) is 3.32. The Morgan fingerprint density at radius 1 is 0.893 bits per heavy atom. The van der Waals surface area contributed by atoms with E-state index in [1.54, 1.807) is 0 Å². The van der Waals surface area contributed by atoms with E-state index in [1.165, 1.54) is 22.4 Å². The summed E-state index contributed by atoms with van der Waals surface area (Å²) in [7, 11) is 0. The first-order valence-electron chi connectivity index (χ1n) is 9.53. The molecule has 4 aromatic rings. The van der Waals surface area contributed by atoms with E-state index in [0.29, 0.717) is 0 Å². The summed E-state index contributed by atoms with van der Waals surface area (Å²) in [6.45, 7) is 2.81. The van der Waals surface area contributed by atoms with Crippen LogP contribution in [0.5, 0.6) is 0 Å². The topological polar surface area (TPSA) is 86.4 Å². The minimum atomic E-state index is 0.759. The summed E-state index contributed by atoms with van der Waals surface area (Å²) in [6.07, 6.45) is 1.78. The summed E-state index contributed by atoms with van der Waals surface area (Å²) in [5, 5.41) is 22.1. The van der Waals surface area contributed by atoms with E-state index in [1.807, 2.05) is 6.07 Å². The minimum absolute atomic E-state index is 0.759. The zero-order valence-corrected chi connectivity index (χ0v) is 15.5. The maximum Gasteiger partial charge on any atom is 0.175 e. The Balaban J connectivity index is 1.34. The second kappa shape index (κ2) is 7.36. The molecule has 7 nitrogen and oxygen atoms in total. The van der Waals surface area contributed by atoms with Crippen molar-refractivity contribution in [1.82, 2.24) is 35.7 Å². The van der Waals surface area contributed by atoms with Crippen molar-refractivity contribution in [3.05, 3.63) is 71.7 Å². The van der Waals surface area contributed by atoms with Gasteiger partial charge < -0.3 is 0 Å². The molecule has 0 amide bonds. The number of aromatic nitrogens is 6. The zero-order valence-electron chi connectivity index (χ0n) is 15.5. The number of fused-ring (bicyclic) bond motifs is 1. The molecule has 2 aromatic carbocycles. The largest absolute Gasteiger partial charge is 0.298 e. The van der Waals surface area contributed by atoms with Crippen LogP contribution < -0.4 is 0 Å². The number of nitrogens with zero attached hydrogens (tertiary/aromatic N) is 5. The maximum absolute atomic E-state index is 4.62. The molecule has 1 aliphatic heterocycles. The van der Waals surface area contributed by atoms with Gasteiger partial charge in [-0.3, -0.25) is 10.00 Å². The fraction of sp³-hybridized carbons (Fsp3) is 0.238. The number of aromatic amines is 2. The predicted molar refractivity (Wildman–Crippen MR) is 106 cm³/mol. The molecular formula is C21H21N7. The van der Waals surface area contributed by atoms with Gasteiger partial charge in [-0.1, -0.05) is 59.8 Å². The highest BCUT2D eigenvalue weighted by Gasteiger charge is 2.22. The molecule has 0 spiro atoms. The Bertz CT molecular complexity index is 1040. The predicted octanol–water partition coefficient (Wildman–Crippen LogP) is 2.86. The van der Waals surface area contributed by atoms with Crippen molar-refractivity contribution in [2.24, 2.45) is 0 Å². The number of tetrazole rings is 1. The lowest BCUT2D eigenvalue weighted by Crippen LogP contribution is -2.32. The quantitative estimate of drug-likeness (QED) is 0.563. The van der Waals surface area contributed by atoms with Gasteiger partial charge in [0.05, 0.1) is 5.69 Å². The molecule has 0 radical (unpaired) electrons. The SMILES string of the molecule is c1ccc(-c2ccc(-c3n[nH]c4c3CN(CCc3nn[nH]n3)CC4)cc2)cc1. The van der Waals surface area contributed by atoms with Crippen molar-refractivity contribution < 1.29 is 0 Å². The van der Waals surface area contributed by atoms with Crippen molar-refractivity contribution in [2.45, 2.75) is 19.4 Å². The highest BCUT2D eigenvalue weighted by Crippen LogP contribution is 2.30. The van der Waals surface area contributed by atoms with Gasteiger partial charge in [0.25, 0.3) is 0 Å². The van der Waals surface area contributed by atoms with Gasteiger partial charge in [-0.25, -0.2) is 0 Å². The maximum atomic E-state index is 4.62. The third-order valence-electron chi connectivity index (χ3n) is 5.32. The highest BCUT2D eigenvalue weighted by atomic mass is 15.5. The van der Waals surface area contributed by atoms with E-state index < -0.39 is 0 Å². The zero-order chi connectivity index (χ0) is 18.8. The van der Waals surface area contributed by atoms with Gasteiger partial charge in [0.15, 0.2) is 5.82 Å². The molecule has 3 heterocycles. The van der Waals surface area contributed by atoms with Crippen LogP contribution in [0.1, 0.15) is 17.1 Å². The standard InChI is InChI=1S/C21H21N7/c1-2-4-15(5-3-1)16-6-8-17(9-7-16)21-18-14-28(12-10-19(18)22-25-21)13-11-20-23-26-27-24-20/h1-9H,10-14H2,(H,22,25)(H,23,24,26,27). The second-order valence-corrected chi connectivity index (χ2v) is 7.08. The first-order valence-corrected chi connectivity index (χ1v) is 9.53.